The van der Waals surface area contributed by atoms with E-state index in [0.29, 0.717) is 5.69 Å². The van der Waals surface area contributed by atoms with E-state index in [2.05, 4.69) is 0 Å². The zero-order valence-electron chi connectivity index (χ0n) is 13.6. The van der Waals surface area contributed by atoms with Crippen LogP contribution in [0.5, 0.6) is 0 Å². The molecule has 2 N–H and O–H groups in total. The zero-order valence-corrected chi connectivity index (χ0v) is 14.4. The fourth-order valence-electron chi connectivity index (χ4n) is 2.62. The van der Waals surface area contributed by atoms with E-state index in [1.165, 1.54) is 29.2 Å². The Hall–Kier alpha value is -2.46. The molecule has 0 aromatic heterocycles. The fourth-order valence-corrected chi connectivity index (χ4v) is 3.14. The van der Waals surface area contributed by atoms with E-state index in [1.54, 1.807) is 36.5 Å². The van der Waals surface area contributed by atoms with Gasteiger partial charge in [0.2, 0.25) is 15.8 Å². The number of halogens is 3. The molecular formula is C16H16F3N3O3S. The average molecular weight is 387 g/mol. The monoisotopic (exact) mass is 387 g/mol. The lowest BCUT2D eigenvalue weighted by molar-refractivity contribution is -0.135. The molecule has 0 bridgehead atoms. The van der Waals surface area contributed by atoms with E-state index >= 15 is 0 Å². The Labute approximate surface area is 148 Å². The van der Waals surface area contributed by atoms with Crippen molar-refractivity contribution in [3.05, 3.63) is 60.8 Å². The molecule has 0 radical (unpaired) electrons. The van der Waals surface area contributed by atoms with Gasteiger partial charge in [0.1, 0.15) is 0 Å². The molecule has 1 aromatic rings. The predicted molar refractivity (Wildman–Crippen MR) is 88.8 cm³/mol. The molecule has 26 heavy (non-hydrogen) atoms. The lowest BCUT2D eigenvalue weighted by Crippen LogP contribution is -2.35. The fraction of sp³-hybridized carbons (Fsp3) is 0.250. The van der Waals surface area contributed by atoms with Crippen LogP contribution in [0.4, 0.5) is 18.9 Å². The molecule has 0 saturated heterocycles. The van der Waals surface area contributed by atoms with Gasteiger partial charge in [0, 0.05) is 12.7 Å². The maximum atomic E-state index is 13.1. The van der Waals surface area contributed by atoms with Gasteiger partial charge >= 0.3 is 6.18 Å². The maximum absolute atomic E-state index is 13.1. The lowest BCUT2D eigenvalue weighted by Gasteiger charge is -2.30. The number of benzene rings is 1. The van der Waals surface area contributed by atoms with Crippen LogP contribution in [0.25, 0.3) is 0 Å². The van der Waals surface area contributed by atoms with Crippen molar-refractivity contribution in [2.45, 2.75) is 17.3 Å². The summed E-state index contributed by atoms with van der Waals surface area (Å²) in [4.78, 5) is 2.95. The topological polar surface area (TPSA) is 75.9 Å². The first-order chi connectivity index (χ1) is 12.1. The third-order valence-electron chi connectivity index (χ3n) is 3.94. The summed E-state index contributed by atoms with van der Waals surface area (Å²) in [7, 11) is -2.10. The molecule has 0 aliphatic carbocycles. The summed E-state index contributed by atoms with van der Waals surface area (Å²) in [6.45, 7) is 0. The molecule has 3 rings (SSSR count). The molecule has 1 aromatic carbocycles. The Balaban J connectivity index is 1.95. The van der Waals surface area contributed by atoms with Crippen molar-refractivity contribution in [3.8, 4) is 0 Å². The lowest BCUT2D eigenvalue weighted by atomic mass is 10.0. The summed E-state index contributed by atoms with van der Waals surface area (Å²) in [6.07, 6.45) is 2.19. The number of hydrogen-bond acceptors (Lipinski definition) is 5. The second-order valence-corrected chi connectivity index (χ2v) is 7.43. The number of rotatable bonds is 3. The van der Waals surface area contributed by atoms with E-state index in [0.717, 1.165) is 6.20 Å². The molecule has 10 heteroatoms. The smallest absolute Gasteiger partial charge is 0.450 e. The molecule has 6 nitrogen and oxygen atoms in total. The predicted octanol–water partition coefficient (Wildman–Crippen LogP) is 2.49. The minimum atomic E-state index is -4.63. The molecular weight excluding hydrogens is 371 g/mol. The number of anilines is 1. The Morgan fingerprint density at radius 3 is 2.19 bits per heavy atom. The van der Waals surface area contributed by atoms with E-state index in [1.807, 2.05) is 0 Å². The minimum absolute atomic E-state index is 0.128. The SMILES string of the molecule is CN1C=CC(C2OC(C(F)(F)F)=CN2c2ccc(S(N)(=O)=O)cc2)C=C1. The molecule has 0 spiro atoms. The highest BCUT2D eigenvalue weighted by atomic mass is 32.2. The highest BCUT2D eigenvalue weighted by Gasteiger charge is 2.45. The third-order valence-corrected chi connectivity index (χ3v) is 4.87. The molecule has 2 heterocycles. The van der Waals surface area contributed by atoms with Gasteiger partial charge in [-0.2, -0.15) is 13.2 Å². The van der Waals surface area contributed by atoms with Crippen LogP contribution < -0.4 is 10.0 Å². The molecule has 0 saturated carbocycles. The standard InChI is InChI=1S/C16H16F3N3O3S/c1-21-8-6-11(7-9-21)15-22(10-14(25-15)16(17,18)19)12-2-4-13(5-3-12)26(20,23)24/h2-11,15H,1H3,(H2,20,23,24). The normalized spacial score (nSPS) is 21.1. The summed E-state index contributed by atoms with van der Waals surface area (Å²) < 4.78 is 67.2. The molecule has 0 fully saturated rings. The van der Waals surface area contributed by atoms with Crippen LogP contribution in [0.15, 0.2) is 65.7 Å². The Morgan fingerprint density at radius 1 is 1.12 bits per heavy atom. The zero-order chi connectivity index (χ0) is 19.1. The van der Waals surface area contributed by atoms with Crippen LogP contribution in [0, 0.1) is 5.92 Å². The van der Waals surface area contributed by atoms with Crippen LogP contribution in [0.1, 0.15) is 0 Å². The van der Waals surface area contributed by atoms with Crippen molar-refractivity contribution in [2.75, 3.05) is 11.9 Å². The quantitative estimate of drug-likeness (QED) is 0.863. The highest BCUT2D eigenvalue weighted by molar-refractivity contribution is 7.89. The maximum Gasteiger partial charge on any atom is 0.450 e. The number of ether oxygens (including phenoxy) is 1. The van der Waals surface area contributed by atoms with Crippen molar-refractivity contribution in [2.24, 2.45) is 11.1 Å². The molecule has 1 atom stereocenters. The number of nitrogens with two attached hydrogens (primary N) is 1. The average Bonchev–Trinajstić information content (AvgIpc) is 3.00. The third kappa shape index (κ3) is 3.70. The van der Waals surface area contributed by atoms with Crippen LogP contribution in [0.3, 0.4) is 0 Å². The van der Waals surface area contributed by atoms with Gasteiger partial charge in [-0.3, -0.25) is 0 Å². The first-order valence-corrected chi connectivity index (χ1v) is 9.06. The van der Waals surface area contributed by atoms with Crippen molar-refractivity contribution in [3.63, 3.8) is 0 Å². The van der Waals surface area contributed by atoms with Gasteiger partial charge in [-0.05, 0) is 36.7 Å². The van der Waals surface area contributed by atoms with Crippen LogP contribution in [-0.4, -0.2) is 32.8 Å². The number of hydrogen-bond donors (Lipinski definition) is 1. The van der Waals surface area contributed by atoms with Crippen molar-refractivity contribution in [1.82, 2.24) is 4.90 Å². The molecule has 2 aliphatic heterocycles. The van der Waals surface area contributed by atoms with Gasteiger partial charge in [-0.15, -0.1) is 0 Å². The summed E-state index contributed by atoms with van der Waals surface area (Å²) in [6, 6.07) is 5.24. The summed E-state index contributed by atoms with van der Waals surface area (Å²) in [5, 5.41) is 5.05. The Kier molecular flexibility index (Phi) is 4.49. The first-order valence-electron chi connectivity index (χ1n) is 7.51. The number of sulfonamides is 1. The van der Waals surface area contributed by atoms with E-state index in [4.69, 9.17) is 9.88 Å². The van der Waals surface area contributed by atoms with Gasteiger partial charge in [-0.1, -0.05) is 12.2 Å². The highest BCUT2D eigenvalue weighted by Crippen LogP contribution is 2.38. The van der Waals surface area contributed by atoms with Crippen LogP contribution in [-0.2, 0) is 14.8 Å². The van der Waals surface area contributed by atoms with Crippen LogP contribution in [0.2, 0.25) is 0 Å². The van der Waals surface area contributed by atoms with E-state index in [-0.39, 0.29) is 4.90 Å². The molecule has 1 unspecified atom stereocenters. The number of alkyl halides is 3. The number of allylic oxidation sites excluding steroid dienone is 1. The van der Waals surface area contributed by atoms with Gasteiger partial charge in [-0.25, -0.2) is 13.6 Å². The second kappa shape index (κ2) is 6.36. The largest absolute Gasteiger partial charge is 0.463 e. The van der Waals surface area contributed by atoms with Crippen molar-refractivity contribution >= 4 is 15.7 Å². The Bertz CT molecular complexity index is 862. The van der Waals surface area contributed by atoms with Gasteiger partial charge in [0.05, 0.1) is 17.0 Å². The number of primary sulfonamides is 1. The van der Waals surface area contributed by atoms with Crippen molar-refractivity contribution < 1.29 is 26.3 Å². The molecule has 2 aliphatic rings. The first kappa shape index (κ1) is 18.3. The van der Waals surface area contributed by atoms with Gasteiger partial charge in [0.15, 0.2) is 6.23 Å². The van der Waals surface area contributed by atoms with Gasteiger partial charge < -0.3 is 14.5 Å². The van der Waals surface area contributed by atoms with E-state index in [9.17, 15) is 21.6 Å². The van der Waals surface area contributed by atoms with Gasteiger partial charge in [0.25, 0.3) is 0 Å². The Morgan fingerprint density at radius 2 is 1.69 bits per heavy atom. The minimum Gasteiger partial charge on any atom is -0.463 e. The molecule has 0 amide bonds. The summed E-state index contributed by atoms with van der Waals surface area (Å²) in [5.74, 6) is -1.54. The van der Waals surface area contributed by atoms with Crippen LogP contribution >= 0.6 is 0 Å². The summed E-state index contributed by atoms with van der Waals surface area (Å²) in [5.41, 5.74) is 0.349. The summed E-state index contributed by atoms with van der Waals surface area (Å²) >= 11 is 0. The van der Waals surface area contributed by atoms with E-state index < -0.39 is 34.1 Å². The number of nitrogens with zero attached hydrogens (tertiary/aromatic N) is 2. The molecule has 140 valence electrons. The second-order valence-electron chi connectivity index (χ2n) is 5.87. The van der Waals surface area contributed by atoms with Crippen molar-refractivity contribution in [1.29, 1.82) is 0 Å².